The van der Waals surface area contributed by atoms with Gasteiger partial charge in [-0.05, 0) is 33.1 Å². The van der Waals surface area contributed by atoms with Gasteiger partial charge in [-0.1, -0.05) is 57.4 Å². The number of methoxy groups -OCH3 is 1. The minimum atomic E-state index is -5.24. The summed E-state index contributed by atoms with van der Waals surface area (Å²) in [5.74, 6) is 0.167. The summed E-state index contributed by atoms with van der Waals surface area (Å²) < 4.78 is 93.2. The zero-order valence-electron chi connectivity index (χ0n) is 18.8. The van der Waals surface area contributed by atoms with Gasteiger partial charge < -0.3 is 9.53 Å². The molecule has 0 N–H and O–H groups in total. The minimum absolute atomic E-state index is 0. The maximum atomic E-state index is 11.6. The zero-order valence-corrected chi connectivity index (χ0v) is 19.6. The molecule has 0 spiro atoms. The lowest BCUT2D eigenvalue weighted by Gasteiger charge is -2.29. The van der Waals surface area contributed by atoms with Crippen LogP contribution in [0.15, 0.2) is 0 Å². The van der Waals surface area contributed by atoms with Gasteiger partial charge in [-0.15, -0.1) is 0 Å². The van der Waals surface area contributed by atoms with Gasteiger partial charge in [0.15, 0.2) is 5.41 Å². The molecule has 0 heterocycles. The van der Waals surface area contributed by atoms with E-state index in [1.165, 1.54) is 13.8 Å². The smallest absolute Gasteiger partial charge is 0.388 e. The molecule has 0 aliphatic rings. The van der Waals surface area contributed by atoms with E-state index in [1.807, 2.05) is 0 Å². The highest BCUT2D eigenvalue weighted by molar-refractivity contribution is 7.89. The molecule has 4 nitrogen and oxygen atoms in total. The van der Waals surface area contributed by atoms with E-state index in [0.717, 1.165) is 12.5 Å². The van der Waals surface area contributed by atoms with Crippen molar-refractivity contribution in [2.75, 3.05) is 26.7 Å². The third kappa shape index (κ3) is 78.5. The first-order chi connectivity index (χ1) is 11.6. The molecule has 0 bridgehead atoms. The van der Waals surface area contributed by atoms with Gasteiger partial charge in [0.2, 0.25) is 0 Å². The lowest BCUT2D eigenvalue weighted by molar-refractivity contribution is -0.327. The van der Waals surface area contributed by atoms with E-state index >= 15 is 0 Å². The maximum Gasteiger partial charge on any atom is 0.402 e. The molecular weight excluding hydrogens is 462 g/mol. The second kappa shape index (κ2) is 23.3. The molecule has 0 fully saturated rings. The SMILES string of the molecule is C.C.C.C.CC(C)(C(F)(F)F)C(F)(F)F.CC(C)(C)C.CC(C)=O.COC.CS(C)(=O)=O. The van der Waals surface area contributed by atoms with Crippen molar-refractivity contribution in [3.05, 3.63) is 0 Å². The largest absolute Gasteiger partial charge is 0.402 e. The first-order valence-corrected chi connectivity index (χ1v) is 10.1. The molecule has 208 valence electrons. The molecule has 0 aromatic carbocycles. The summed E-state index contributed by atoms with van der Waals surface area (Å²) >= 11 is 0. The molecule has 0 rings (SSSR count). The van der Waals surface area contributed by atoms with Crippen LogP contribution < -0.4 is 0 Å². The van der Waals surface area contributed by atoms with Crippen LogP contribution in [-0.2, 0) is 19.4 Å². The number of carbonyl (C=O) groups excluding carboxylic acids is 1. The number of halogens is 6. The first-order valence-electron chi connectivity index (χ1n) is 7.80. The normalized spacial score (nSPS) is 10.3. The highest BCUT2D eigenvalue weighted by Crippen LogP contribution is 2.49. The third-order valence-corrected chi connectivity index (χ3v) is 1.42. The molecule has 0 amide bonds. The molecule has 0 radical (unpaired) electrons. The zero-order chi connectivity index (χ0) is 24.8. The summed E-state index contributed by atoms with van der Waals surface area (Å²) in [6, 6.07) is 0. The van der Waals surface area contributed by atoms with Crippen molar-refractivity contribution in [3.8, 4) is 0 Å². The van der Waals surface area contributed by atoms with E-state index in [-0.39, 0.29) is 49.3 Å². The highest BCUT2D eigenvalue weighted by atomic mass is 32.2. The average molecular weight is 515 g/mol. The van der Waals surface area contributed by atoms with Crippen molar-refractivity contribution in [2.24, 2.45) is 10.8 Å². The van der Waals surface area contributed by atoms with Gasteiger partial charge >= 0.3 is 12.4 Å². The number of hydrogen-bond acceptors (Lipinski definition) is 4. The summed E-state index contributed by atoms with van der Waals surface area (Å²) in [7, 11) is 0.583. The van der Waals surface area contributed by atoms with Crippen molar-refractivity contribution in [3.63, 3.8) is 0 Å². The Morgan fingerprint density at radius 2 is 0.719 bits per heavy atom. The van der Waals surface area contributed by atoms with Gasteiger partial charge in [-0.3, -0.25) is 0 Å². The number of alkyl halides is 6. The van der Waals surface area contributed by atoms with E-state index in [2.05, 4.69) is 32.4 Å². The van der Waals surface area contributed by atoms with Crippen LogP contribution >= 0.6 is 0 Å². The number of Topliss-reactive ketones (excluding diaryl/α,β-unsaturated/α-hetero) is 1. The van der Waals surface area contributed by atoms with E-state index in [9.17, 15) is 39.6 Å². The van der Waals surface area contributed by atoms with Crippen LogP contribution in [0, 0.1) is 10.8 Å². The van der Waals surface area contributed by atoms with E-state index in [0.29, 0.717) is 5.41 Å². The van der Waals surface area contributed by atoms with E-state index in [1.54, 1.807) is 14.2 Å². The molecule has 0 aromatic heterocycles. The van der Waals surface area contributed by atoms with Gasteiger partial charge in [-0.25, -0.2) is 8.42 Å². The van der Waals surface area contributed by atoms with Crippen molar-refractivity contribution in [1.29, 1.82) is 0 Å². The lowest BCUT2D eigenvalue weighted by atomic mass is 9.92. The fourth-order valence-corrected chi connectivity index (χ4v) is 0.161. The van der Waals surface area contributed by atoms with Crippen molar-refractivity contribution in [1.82, 2.24) is 0 Å². The Balaban J connectivity index is -0.0000000312. The maximum absolute atomic E-state index is 11.6. The summed E-state index contributed by atoms with van der Waals surface area (Å²) in [5.41, 5.74) is -3.12. The standard InChI is InChI=1S/C5H6F6.C5H12.C3H6O.C2H6O2S.C2H6O.4CH4/c1-3(2,4(6,7)8)5(9,10)11;1-5(2,3)4;1-3(2)4;1-5(2,3)4;1-3-2;;;;/h1-2H3;1-4H3;1-2H3;1-2H3;1-2H3;4*1H4. The van der Waals surface area contributed by atoms with Gasteiger partial charge in [0.05, 0.1) is 0 Å². The van der Waals surface area contributed by atoms with Crippen LogP contribution in [0.3, 0.4) is 0 Å². The van der Waals surface area contributed by atoms with Crippen LogP contribution in [0.5, 0.6) is 0 Å². The van der Waals surface area contributed by atoms with Gasteiger partial charge in [0.25, 0.3) is 0 Å². The van der Waals surface area contributed by atoms with Crippen LogP contribution in [-0.4, -0.2) is 53.3 Å². The minimum Gasteiger partial charge on any atom is -0.388 e. The Hall–Kier alpha value is -0.840. The second-order valence-electron chi connectivity index (χ2n) is 8.08. The number of hydrogen-bond donors (Lipinski definition) is 0. The Morgan fingerprint density at radius 3 is 0.719 bits per heavy atom. The molecule has 0 atom stereocenters. The van der Waals surface area contributed by atoms with Crippen LogP contribution in [0.1, 0.15) is 85.1 Å². The van der Waals surface area contributed by atoms with Crippen molar-refractivity contribution < 1.29 is 44.3 Å². The molecule has 0 aromatic rings. The number of sulfone groups is 1. The molecule has 0 aliphatic carbocycles. The summed E-state index contributed by atoms with van der Waals surface area (Å²) in [5, 5.41) is 0. The third-order valence-electron chi connectivity index (χ3n) is 1.42. The summed E-state index contributed by atoms with van der Waals surface area (Å²) in [4.78, 5) is 9.44. The van der Waals surface area contributed by atoms with Crippen molar-refractivity contribution in [2.45, 2.75) is 97.4 Å². The Bertz CT molecular complexity index is 456. The molecule has 11 heteroatoms. The topological polar surface area (TPSA) is 60.4 Å². The molecule has 0 saturated carbocycles. The van der Waals surface area contributed by atoms with Crippen LogP contribution in [0.4, 0.5) is 26.3 Å². The van der Waals surface area contributed by atoms with Gasteiger partial charge in [0.1, 0.15) is 15.6 Å². The first kappa shape index (κ1) is 57.7. The Labute approximate surface area is 195 Å². The van der Waals surface area contributed by atoms with E-state index in [4.69, 9.17) is 0 Å². The fraction of sp³-hybridized carbons (Fsp3) is 0.952. The second-order valence-corrected chi connectivity index (χ2v) is 10.4. The lowest BCUT2D eigenvalue weighted by Crippen LogP contribution is -2.44. The van der Waals surface area contributed by atoms with Gasteiger partial charge in [0, 0.05) is 26.7 Å². The molecular formula is C21H52F6O4S. The Morgan fingerprint density at radius 1 is 0.656 bits per heavy atom. The monoisotopic (exact) mass is 514 g/mol. The van der Waals surface area contributed by atoms with Crippen LogP contribution in [0.2, 0.25) is 0 Å². The Kier molecular flexibility index (Phi) is 42.1. The molecule has 0 aliphatic heterocycles. The number of ether oxygens (including phenoxy) is 1. The predicted octanol–water partition coefficient (Wildman–Crippen LogP) is 8.25. The predicted molar refractivity (Wildman–Crippen MR) is 128 cm³/mol. The highest BCUT2D eigenvalue weighted by Gasteiger charge is 2.64. The number of ketones is 1. The number of carbonyl (C=O) groups is 1. The van der Waals surface area contributed by atoms with E-state index < -0.39 is 27.6 Å². The molecule has 0 saturated heterocycles. The average Bonchev–Trinajstić information content (AvgIpc) is 2.20. The molecule has 32 heavy (non-hydrogen) atoms. The summed E-state index contributed by atoms with van der Waals surface area (Å²) in [6.07, 6.45) is -8.17. The number of rotatable bonds is 0. The quantitative estimate of drug-likeness (QED) is 0.305. The fourth-order valence-electron chi connectivity index (χ4n) is 0.161. The van der Waals surface area contributed by atoms with Crippen molar-refractivity contribution >= 4 is 15.6 Å². The summed E-state index contributed by atoms with van der Waals surface area (Å²) in [6.45, 7) is 12.0. The van der Waals surface area contributed by atoms with Crippen LogP contribution in [0.25, 0.3) is 0 Å². The van der Waals surface area contributed by atoms with Gasteiger partial charge in [-0.2, -0.15) is 26.3 Å². The molecule has 0 unspecified atom stereocenters.